The number of carbonyl (C=O) groups excluding carboxylic acids is 1. The Morgan fingerprint density at radius 1 is 1.35 bits per heavy atom. The highest BCUT2D eigenvalue weighted by molar-refractivity contribution is 9.10. The molecule has 1 amide bonds. The van der Waals surface area contributed by atoms with Gasteiger partial charge in [0.1, 0.15) is 5.75 Å². The summed E-state index contributed by atoms with van der Waals surface area (Å²) >= 11 is 3.43. The molecule has 0 saturated heterocycles. The van der Waals surface area contributed by atoms with Crippen LogP contribution in [-0.2, 0) is 4.79 Å². The lowest BCUT2D eigenvalue weighted by molar-refractivity contribution is -0.123. The van der Waals surface area contributed by atoms with Crippen LogP contribution >= 0.6 is 15.9 Å². The minimum atomic E-state index is -0.109. The molecule has 112 valence electrons. The molecule has 5 heteroatoms. The molecule has 1 atom stereocenters. The molecular formula is C15H23BrN2O2. The molecule has 1 unspecified atom stereocenters. The van der Waals surface area contributed by atoms with Crippen molar-refractivity contribution in [1.82, 2.24) is 10.6 Å². The van der Waals surface area contributed by atoms with Gasteiger partial charge < -0.3 is 15.4 Å². The smallest absolute Gasteiger partial charge is 0.258 e. The lowest BCUT2D eigenvalue weighted by Gasteiger charge is -2.18. The van der Waals surface area contributed by atoms with Gasteiger partial charge in [0.05, 0.1) is 0 Å². The molecular weight excluding hydrogens is 320 g/mol. The molecule has 0 aliphatic carbocycles. The van der Waals surface area contributed by atoms with E-state index in [2.05, 4.69) is 40.4 Å². The van der Waals surface area contributed by atoms with Crippen molar-refractivity contribution in [3.8, 4) is 5.75 Å². The van der Waals surface area contributed by atoms with Crippen LogP contribution in [0, 0.1) is 0 Å². The Hall–Kier alpha value is -1.07. The number of ether oxygens (including phenoxy) is 1. The molecule has 0 aliphatic heterocycles. The van der Waals surface area contributed by atoms with E-state index >= 15 is 0 Å². The average Bonchev–Trinajstić information content (AvgIpc) is 2.36. The Morgan fingerprint density at radius 3 is 2.65 bits per heavy atom. The second-order valence-corrected chi connectivity index (χ2v) is 5.89. The van der Waals surface area contributed by atoms with Crippen LogP contribution in [0.25, 0.3) is 0 Å². The van der Waals surface area contributed by atoms with Crippen molar-refractivity contribution in [2.45, 2.75) is 39.8 Å². The summed E-state index contributed by atoms with van der Waals surface area (Å²) in [6.45, 7) is 8.90. The predicted molar refractivity (Wildman–Crippen MR) is 85.0 cm³/mol. The van der Waals surface area contributed by atoms with Crippen molar-refractivity contribution in [2.24, 2.45) is 0 Å². The van der Waals surface area contributed by atoms with Gasteiger partial charge in [-0.2, -0.15) is 0 Å². The van der Waals surface area contributed by atoms with Crippen LogP contribution < -0.4 is 15.4 Å². The van der Waals surface area contributed by atoms with Crippen LogP contribution in [0.2, 0.25) is 0 Å². The number of benzene rings is 1. The second kappa shape index (κ2) is 8.27. The zero-order chi connectivity index (χ0) is 15.1. The van der Waals surface area contributed by atoms with Crippen molar-refractivity contribution in [3.63, 3.8) is 0 Å². The minimum Gasteiger partial charge on any atom is -0.483 e. The first-order chi connectivity index (χ1) is 9.43. The maximum atomic E-state index is 11.7. The van der Waals surface area contributed by atoms with E-state index in [1.54, 1.807) is 0 Å². The van der Waals surface area contributed by atoms with Gasteiger partial charge >= 0.3 is 0 Å². The summed E-state index contributed by atoms with van der Waals surface area (Å²) in [6.07, 6.45) is 0. The fourth-order valence-electron chi connectivity index (χ4n) is 1.91. The maximum Gasteiger partial charge on any atom is 0.258 e. The van der Waals surface area contributed by atoms with E-state index in [0.717, 1.165) is 22.3 Å². The molecule has 1 aromatic carbocycles. The topological polar surface area (TPSA) is 50.4 Å². The number of rotatable bonds is 7. The van der Waals surface area contributed by atoms with Crippen molar-refractivity contribution in [2.75, 3.05) is 13.2 Å². The molecule has 0 bridgehead atoms. The molecule has 0 radical (unpaired) electrons. The molecule has 0 fully saturated rings. The maximum absolute atomic E-state index is 11.7. The largest absolute Gasteiger partial charge is 0.483 e. The summed E-state index contributed by atoms with van der Waals surface area (Å²) in [5, 5.41) is 6.16. The molecule has 0 aromatic heterocycles. The fraction of sp³-hybridized carbons (Fsp3) is 0.533. The number of carbonyl (C=O) groups is 1. The van der Waals surface area contributed by atoms with Gasteiger partial charge in [-0.05, 0) is 39.4 Å². The summed E-state index contributed by atoms with van der Waals surface area (Å²) in [6, 6.07) is 6.17. The van der Waals surface area contributed by atoms with Gasteiger partial charge in [0.2, 0.25) is 0 Å². The Morgan fingerprint density at radius 2 is 2.05 bits per heavy atom. The SMILES string of the molecule is CCNC(C)c1ccc(Br)cc1OCC(=O)NC(C)C. The van der Waals surface area contributed by atoms with Gasteiger partial charge in [-0.3, -0.25) is 4.79 Å². The minimum absolute atomic E-state index is 0.0283. The molecule has 1 aromatic rings. The number of halogens is 1. The number of nitrogens with one attached hydrogen (secondary N) is 2. The zero-order valence-corrected chi connectivity index (χ0v) is 14.1. The van der Waals surface area contributed by atoms with E-state index in [1.165, 1.54) is 0 Å². The van der Waals surface area contributed by atoms with Gasteiger partial charge in [0.15, 0.2) is 6.61 Å². The summed E-state index contributed by atoms with van der Waals surface area (Å²) < 4.78 is 6.60. The lowest BCUT2D eigenvalue weighted by atomic mass is 10.1. The monoisotopic (exact) mass is 342 g/mol. The molecule has 0 spiro atoms. The Bertz CT molecular complexity index is 449. The molecule has 0 aliphatic rings. The van der Waals surface area contributed by atoms with E-state index in [-0.39, 0.29) is 24.6 Å². The molecule has 0 saturated carbocycles. The zero-order valence-electron chi connectivity index (χ0n) is 12.5. The van der Waals surface area contributed by atoms with Gasteiger partial charge in [-0.15, -0.1) is 0 Å². The normalized spacial score (nSPS) is 12.3. The van der Waals surface area contributed by atoms with Crippen LogP contribution in [0.3, 0.4) is 0 Å². The summed E-state index contributed by atoms with van der Waals surface area (Å²) in [4.78, 5) is 11.7. The first-order valence-electron chi connectivity index (χ1n) is 6.89. The summed E-state index contributed by atoms with van der Waals surface area (Å²) in [5.74, 6) is 0.619. The number of amides is 1. The quantitative estimate of drug-likeness (QED) is 0.800. The third kappa shape index (κ3) is 5.51. The summed E-state index contributed by atoms with van der Waals surface area (Å²) in [5.41, 5.74) is 1.05. The highest BCUT2D eigenvalue weighted by Crippen LogP contribution is 2.28. The fourth-order valence-corrected chi connectivity index (χ4v) is 2.25. The Balaban J connectivity index is 2.77. The van der Waals surface area contributed by atoms with E-state index in [9.17, 15) is 4.79 Å². The lowest BCUT2D eigenvalue weighted by Crippen LogP contribution is -2.34. The molecule has 4 nitrogen and oxygen atoms in total. The third-order valence-electron chi connectivity index (χ3n) is 2.76. The second-order valence-electron chi connectivity index (χ2n) is 4.97. The molecule has 20 heavy (non-hydrogen) atoms. The van der Waals surface area contributed by atoms with Crippen LogP contribution in [0.15, 0.2) is 22.7 Å². The van der Waals surface area contributed by atoms with Crippen LogP contribution in [0.1, 0.15) is 39.3 Å². The summed E-state index contributed by atoms with van der Waals surface area (Å²) in [7, 11) is 0. The highest BCUT2D eigenvalue weighted by atomic mass is 79.9. The molecule has 0 heterocycles. The molecule has 1 rings (SSSR count). The Kier molecular flexibility index (Phi) is 7.02. The van der Waals surface area contributed by atoms with Crippen LogP contribution in [0.4, 0.5) is 0 Å². The van der Waals surface area contributed by atoms with Crippen molar-refractivity contribution >= 4 is 21.8 Å². The standard InChI is InChI=1S/C15H23BrN2O2/c1-5-17-11(4)13-7-6-12(16)8-14(13)20-9-15(19)18-10(2)3/h6-8,10-11,17H,5,9H2,1-4H3,(H,18,19). The van der Waals surface area contributed by atoms with Crippen LogP contribution in [-0.4, -0.2) is 25.1 Å². The van der Waals surface area contributed by atoms with Gasteiger partial charge in [-0.1, -0.05) is 28.9 Å². The van der Waals surface area contributed by atoms with Crippen molar-refractivity contribution in [3.05, 3.63) is 28.2 Å². The Labute approximate surface area is 129 Å². The number of hydrogen-bond donors (Lipinski definition) is 2. The van der Waals surface area contributed by atoms with Gasteiger partial charge in [0.25, 0.3) is 5.91 Å². The van der Waals surface area contributed by atoms with Crippen molar-refractivity contribution < 1.29 is 9.53 Å². The first kappa shape index (κ1) is 17.0. The van der Waals surface area contributed by atoms with E-state index < -0.39 is 0 Å². The van der Waals surface area contributed by atoms with E-state index in [1.807, 2.05) is 32.0 Å². The van der Waals surface area contributed by atoms with Gasteiger partial charge in [-0.25, -0.2) is 0 Å². The van der Waals surface area contributed by atoms with Crippen LogP contribution in [0.5, 0.6) is 5.75 Å². The average molecular weight is 343 g/mol. The number of hydrogen-bond acceptors (Lipinski definition) is 3. The third-order valence-corrected chi connectivity index (χ3v) is 3.25. The highest BCUT2D eigenvalue weighted by Gasteiger charge is 2.13. The predicted octanol–water partition coefficient (Wildman–Crippen LogP) is 3.02. The van der Waals surface area contributed by atoms with Gasteiger partial charge in [0, 0.05) is 22.1 Å². The van der Waals surface area contributed by atoms with E-state index in [4.69, 9.17) is 4.74 Å². The van der Waals surface area contributed by atoms with Crippen molar-refractivity contribution in [1.29, 1.82) is 0 Å². The first-order valence-corrected chi connectivity index (χ1v) is 7.68. The molecule has 2 N–H and O–H groups in total. The van der Waals surface area contributed by atoms with E-state index in [0.29, 0.717) is 0 Å².